The van der Waals surface area contributed by atoms with Gasteiger partial charge in [0.1, 0.15) is 5.82 Å². The number of nitrogens with two attached hydrogens (primary N) is 1. The topological polar surface area (TPSA) is 59.1 Å². The molecule has 1 heterocycles. The summed E-state index contributed by atoms with van der Waals surface area (Å²) >= 11 is 0. The summed E-state index contributed by atoms with van der Waals surface area (Å²) in [5.74, 6) is 0.165. The Labute approximate surface area is 107 Å². The number of nitrogen functional groups attached to an aromatic ring is 1. The molecule has 3 nitrogen and oxygen atoms in total. The first-order valence-corrected chi connectivity index (χ1v) is 5.44. The van der Waals surface area contributed by atoms with Gasteiger partial charge in [0.2, 0.25) is 0 Å². The number of rotatable bonds is 2. The van der Waals surface area contributed by atoms with Crippen molar-refractivity contribution in [2.45, 2.75) is 12.8 Å². The minimum Gasteiger partial charge on any atom is -0.392 e. The van der Waals surface area contributed by atoms with E-state index in [1.165, 1.54) is 18.3 Å². The maximum absolute atomic E-state index is 12.6. The van der Waals surface area contributed by atoms with Crippen LogP contribution in [0.2, 0.25) is 0 Å². The lowest BCUT2D eigenvalue weighted by atomic mass is 10.0. The van der Waals surface area contributed by atoms with Gasteiger partial charge in [-0.2, -0.15) is 13.2 Å². The van der Waals surface area contributed by atoms with Gasteiger partial charge in [0.15, 0.2) is 0 Å². The van der Waals surface area contributed by atoms with Crippen molar-refractivity contribution in [2.75, 3.05) is 5.73 Å². The zero-order valence-electron chi connectivity index (χ0n) is 9.78. The highest BCUT2D eigenvalue weighted by Crippen LogP contribution is 2.32. The summed E-state index contributed by atoms with van der Waals surface area (Å²) in [5.41, 5.74) is 6.03. The maximum Gasteiger partial charge on any atom is 0.416 e. The molecule has 0 saturated heterocycles. The number of aliphatic hydroxyl groups excluding tert-OH is 1. The molecule has 0 saturated carbocycles. The first kappa shape index (κ1) is 13.4. The van der Waals surface area contributed by atoms with Crippen molar-refractivity contribution >= 4 is 5.82 Å². The van der Waals surface area contributed by atoms with Crippen molar-refractivity contribution in [1.82, 2.24) is 4.98 Å². The van der Waals surface area contributed by atoms with Gasteiger partial charge in [-0.1, -0.05) is 12.1 Å². The van der Waals surface area contributed by atoms with E-state index in [0.717, 1.165) is 12.1 Å². The highest BCUT2D eigenvalue weighted by molar-refractivity contribution is 5.66. The summed E-state index contributed by atoms with van der Waals surface area (Å²) in [4.78, 5) is 3.85. The number of hydrogen-bond acceptors (Lipinski definition) is 3. The zero-order valence-corrected chi connectivity index (χ0v) is 9.78. The number of halogens is 3. The second kappa shape index (κ2) is 4.89. The average molecular weight is 268 g/mol. The quantitative estimate of drug-likeness (QED) is 0.880. The predicted octanol–water partition coefficient (Wildman–Crippen LogP) is 2.84. The number of alkyl halides is 3. The molecule has 3 N–H and O–H groups in total. The van der Waals surface area contributed by atoms with Gasteiger partial charge >= 0.3 is 6.18 Å². The summed E-state index contributed by atoms with van der Waals surface area (Å²) in [6, 6.07) is 6.43. The van der Waals surface area contributed by atoms with Gasteiger partial charge in [0.05, 0.1) is 12.2 Å². The van der Waals surface area contributed by atoms with Crippen LogP contribution in [0.15, 0.2) is 36.5 Å². The number of anilines is 1. The molecule has 0 atom stereocenters. The summed E-state index contributed by atoms with van der Waals surface area (Å²) in [7, 11) is 0. The van der Waals surface area contributed by atoms with E-state index in [-0.39, 0.29) is 12.4 Å². The molecule has 0 radical (unpaired) electrons. The van der Waals surface area contributed by atoms with E-state index >= 15 is 0 Å². The second-order valence-electron chi connectivity index (χ2n) is 4.01. The fraction of sp³-hybridized carbons (Fsp3) is 0.154. The lowest BCUT2D eigenvalue weighted by molar-refractivity contribution is -0.137. The van der Waals surface area contributed by atoms with Crippen LogP contribution in [-0.4, -0.2) is 10.1 Å². The van der Waals surface area contributed by atoms with E-state index in [9.17, 15) is 13.2 Å². The van der Waals surface area contributed by atoms with Crippen LogP contribution in [0.1, 0.15) is 11.1 Å². The molecule has 0 aliphatic rings. The van der Waals surface area contributed by atoms with Crippen LogP contribution in [0.3, 0.4) is 0 Å². The fourth-order valence-corrected chi connectivity index (χ4v) is 1.68. The molecule has 0 bridgehead atoms. The molecule has 0 spiro atoms. The summed E-state index contributed by atoms with van der Waals surface area (Å²) in [5, 5.41) is 9.07. The molecule has 1 aromatic heterocycles. The molecular formula is C13H11F3N2O. The van der Waals surface area contributed by atoms with E-state index < -0.39 is 11.7 Å². The standard InChI is InChI=1S/C13H11F3N2O/c14-13(15,16)11-3-1-2-8(5-11)9-4-10(7-19)12(17)18-6-9/h1-6,19H,7H2,(H2,17,18). The minimum absolute atomic E-state index is 0.165. The van der Waals surface area contributed by atoms with E-state index in [1.54, 1.807) is 6.07 Å². The van der Waals surface area contributed by atoms with E-state index in [0.29, 0.717) is 16.7 Å². The van der Waals surface area contributed by atoms with Crippen molar-refractivity contribution in [3.63, 3.8) is 0 Å². The Hall–Kier alpha value is -2.08. The van der Waals surface area contributed by atoms with Crippen molar-refractivity contribution < 1.29 is 18.3 Å². The average Bonchev–Trinajstić information content (AvgIpc) is 2.38. The molecule has 100 valence electrons. The molecule has 0 amide bonds. The monoisotopic (exact) mass is 268 g/mol. The van der Waals surface area contributed by atoms with Crippen molar-refractivity contribution in [3.05, 3.63) is 47.7 Å². The number of nitrogens with zero attached hydrogens (tertiary/aromatic N) is 1. The normalized spacial score (nSPS) is 11.6. The number of aliphatic hydroxyl groups is 1. The summed E-state index contributed by atoms with van der Waals surface area (Å²) < 4.78 is 37.9. The third kappa shape index (κ3) is 2.85. The van der Waals surface area contributed by atoms with Crippen molar-refractivity contribution in [3.8, 4) is 11.1 Å². The molecule has 2 rings (SSSR count). The van der Waals surface area contributed by atoms with Gasteiger partial charge in [0, 0.05) is 17.3 Å². The number of aromatic nitrogens is 1. The van der Waals surface area contributed by atoms with E-state index in [2.05, 4.69) is 4.98 Å². The molecule has 1 aromatic carbocycles. The fourth-order valence-electron chi connectivity index (χ4n) is 1.68. The third-order valence-corrected chi connectivity index (χ3v) is 2.70. The van der Waals surface area contributed by atoms with Gasteiger partial charge in [-0.3, -0.25) is 0 Å². The van der Waals surface area contributed by atoms with E-state index in [1.807, 2.05) is 0 Å². The Balaban J connectivity index is 2.47. The largest absolute Gasteiger partial charge is 0.416 e. The van der Waals surface area contributed by atoms with Gasteiger partial charge in [-0.25, -0.2) is 4.98 Å². The zero-order chi connectivity index (χ0) is 14.0. The lowest BCUT2D eigenvalue weighted by Gasteiger charge is -2.10. The molecular weight excluding hydrogens is 257 g/mol. The highest BCUT2D eigenvalue weighted by Gasteiger charge is 2.30. The van der Waals surface area contributed by atoms with Crippen LogP contribution in [0.4, 0.5) is 19.0 Å². The number of benzene rings is 1. The first-order valence-electron chi connectivity index (χ1n) is 5.44. The molecule has 0 aliphatic carbocycles. The number of pyridine rings is 1. The summed E-state index contributed by atoms with van der Waals surface area (Å²) in [6.45, 7) is -0.314. The van der Waals surface area contributed by atoms with Crippen molar-refractivity contribution in [1.29, 1.82) is 0 Å². The smallest absolute Gasteiger partial charge is 0.392 e. The minimum atomic E-state index is -4.39. The van der Waals surface area contributed by atoms with Crippen LogP contribution in [0.5, 0.6) is 0 Å². The number of hydrogen-bond donors (Lipinski definition) is 2. The van der Waals surface area contributed by atoms with E-state index in [4.69, 9.17) is 10.8 Å². The van der Waals surface area contributed by atoms with Crippen LogP contribution in [0.25, 0.3) is 11.1 Å². The Bertz CT molecular complexity index is 597. The van der Waals surface area contributed by atoms with Crippen LogP contribution in [-0.2, 0) is 12.8 Å². The molecule has 0 aliphatic heterocycles. The van der Waals surface area contributed by atoms with Gasteiger partial charge < -0.3 is 10.8 Å². The maximum atomic E-state index is 12.6. The first-order chi connectivity index (χ1) is 8.91. The van der Waals surface area contributed by atoms with Crippen LogP contribution in [0, 0.1) is 0 Å². The Morgan fingerprint density at radius 1 is 1.16 bits per heavy atom. The molecule has 0 fully saturated rings. The molecule has 6 heteroatoms. The third-order valence-electron chi connectivity index (χ3n) is 2.70. The van der Waals surface area contributed by atoms with Gasteiger partial charge in [-0.05, 0) is 23.8 Å². The predicted molar refractivity (Wildman–Crippen MR) is 65.0 cm³/mol. The Kier molecular flexibility index (Phi) is 3.44. The SMILES string of the molecule is Nc1ncc(-c2cccc(C(F)(F)F)c2)cc1CO. The molecule has 0 unspecified atom stereocenters. The van der Waals surface area contributed by atoms with Gasteiger partial charge in [-0.15, -0.1) is 0 Å². The molecule has 2 aromatic rings. The molecule has 19 heavy (non-hydrogen) atoms. The van der Waals surface area contributed by atoms with Crippen LogP contribution < -0.4 is 5.73 Å². The van der Waals surface area contributed by atoms with Crippen LogP contribution >= 0.6 is 0 Å². The highest BCUT2D eigenvalue weighted by atomic mass is 19.4. The second-order valence-corrected chi connectivity index (χ2v) is 4.01. The van der Waals surface area contributed by atoms with Crippen molar-refractivity contribution in [2.24, 2.45) is 0 Å². The Morgan fingerprint density at radius 3 is 2.53 bits per heavy atom. The lowest BCUT2D eigenvalue weighted by Crippen LogP contribution is -2.04. The van der Waals surface area contributed by atoms with Gasteiger partial charge in [0.25, 0.3) is 0 Å². The summed E-state index contributed by atoms with van der Waals surface area (Å²) in [6.07, 6.45) is -3.01. The Morgan fingerprint density at radius 2 is 1.89 bits per heavy atom.